The molecule has 0 spiro atoms. The van der Waals surface area contributed by atoms with Gasteiger partial charge >= 0.3 is 0 Å². The number of aromatic amines is 1. The van der Waals surface area contributed by atoms with Crippen LogP contribution in [0.4, 0.5) is 0 Å². The molecule has 136 valence electrons. The molecule has 2 aromatic heterocycles. The molecule has 1 aromatic carbocycles. The molecule has 3 aromatic rings. The highest BCUT2D eigenvalue weighted by molar-refractivity contribution is 7.89. The van der Waals surface area contributed by atoms with Crippen molar-refractivity contribution in [3.63, 3.8) is 0 Å². The van der Waals surface area contributed by atoms with Gasteiger partial charge in [0.25, 0.3) is 5.56 Å². The lowest BCUT2D eigenvalue weighted by Gasteiger charge is -2.18. The molecule has 3 N–H and O–H groups in total. The summed E-state index contributed by atoms with van der Waals surface area (Å²) >= 11 is 0. The zero-order valence-corrected chi connectivity index (χ0v) is 15.3. The number of nitrogens with zero attached hydrogens (tertiary/aromatic N) is 1. The van der Waals surface area contributed by atoms with Crippen LogP contribution in [-0.2, 0) is 10.0 Å². The topological polar surface area (TPSA) is 97.9 Å². The van der Waals surface area contributed by atoms with Crippen molar-refractivity contribution in [1.82, 2.24) is 9.55 Å². The minimum Gasteiger partial charge on any atom is -0.343 e. The van der Waals surface area contributed by atoms with Crippen LogP contribution in [0.3, 0.4) is 0 Å². The van der Waals surface area contributed by atoms with Crippen molar-refractivity contribution in [3.8, 4) is 11.1 Å². The summed E-state index contributed by atoms with van der Waals surface area (Å²) in [4.78, 5) is 15.3. The largest absolute Gasteiger partial charge is 0.343 e. The van der Waals surface area contributed by atoms with Gasteiger partial charge in [-0.05, 0) is 42.5 Å². The maximum atomic E-state index is 12.5. The molecule has 1 aliphatic rings. The Balaban J connectivity index is 1.92. The van der Waals surface area contributed by atoms with E-state index in [1.54, 1.807) is 18.3 Å². The van der Waals surface area contributed by atoms with Crippen LogP contribution in [0.25, 0.3) is 22.0 Å². The first kappa shape index (κ1) is 17.1. The van der Waals surface area contributed by atoms with E-state index >= 15 is 0 Å². The van der Waals surface area contributed by atoms with E-state index in [-0.39, 0.29) is 10.5 Å². The summed E-state index contributed by atoms with van der Waals surface area (Å²) in [6.07, 6.45) is 7.17. The van der Waals surface area contributed by atoms with Gasteiger partial charge in [0.05, 0.1) is 15.8 Å². The zero-order valence-electron chi connectivity index (χ0n) is 14.5. The van der Waals surface area contributed by atoms with Crippen molar-refractivity contribution in [1.29, 1.82) is 0 Å². The third-order valence-electron chi connectivity index (χ3n) is 5.42. The highest BCUT2D eigenvalue weighted by Crippen LogP contribution is 2.39. The molecule has 0 radical (unpaired) electrons. The van der Waals surface area contributed by atoms with E-state index in [0.717, 1.165) is 23.1 Å². The van der Waals surface area contributed by atoms with Crippen LogP contribution in [0.15, 0.2) is 52.4 Å². The van der Waals surface area contributed by atoms with Crippen molar-refractivity contribution in [2.24, 2.45) is 11.1 Å². The molecule has 4 rings (SSSR count). The normalized spacial score (nSPS) is 20.7. The van der Waals surface area contributed by atoms with Gasteiger partial charge in [-0.15, -0.1) is 0 Å². The molecule has 0 aliphatic heterocycles. The minimum atomic E-state index is -3.74. The number of hydrogen-bond acceptors (Lipinski definition) is 3. The summed E-state index contributed by atoms with van der Waals surface area (Å²) in [6, 6.07) is 8.65. The molecular formula is C19H21N3O3S. The first-order chi connectivity index (χ1) is 12.4. The van der Waals surface area contributed by atoms with Crippen molar-refractivity contribution in [2.45, 2.75) is 37.1 Å². The number of aromatic nitrogens is 2. The van der Waals surface area contributed by atoms with Crippen LogP contribution >= 0.6 is 0 Å². The number of rotatable bonds is 3. The maximum absolute atomic E-state index is 12.5. The standard InChI is InChI=1S/C19H21N3O3S/c1-12-3-2-4-16(12)22-11-15(18-17(22)9-10-21-19(18)23)13-5-7-14(8-6-13)26(20,24)25/h5-12,16H,2-4H2,1H3,(H,21,23)(H2,20,24,25)/t12-,16+/m1/s1. The van der Waals surface area contributed by atoms with E-state index in [0.29, 0.717) is 17.3 Å². The van der Waals surface area contributed by atoms with E-state index in [1.807, 2.05) is 12.3 Å². The van der Waals surface area contributed by atoms with Gasteiger partial charge in [-0.1, -0.05) is 25.5 Å². The van der Waals surface area contributed by atoms with E-state index in [4.69, 9.17) is 5.14 Å². The first-order valence-electron chi connectivity index (χ1n) is 8.72. The van der Waals surface area contributed by atoms with Gasteiger partial charge in [0.1, 0.15) is 0 Å². The third kappa shape index (κ3) is 2.77. The molecule has 1 saturated carbocycles. The zero-order chi connectivity index (χ0) is 18.5. The van der Waals surface area contributed by atoms with Gasteiger partial charge in [-0.25, -0.2) is 13.6 Å². The van der Waals surface area contributed by atoms with Gasteiger partial charge in [0, 0.05) is 24.0 Å². The molecule has 0 saturated heterocycles. The monoisotopic (exact) mass is 371 g/mol. The average molecular weight is 371 g/mol. The Morgan fingerprint density at radius 3 is 2.50 bits per heavy atom. The molecule has 0 bridgehead atoms. The molecule has 6 nitrogen and oxygen atoms in total. The lowest BCUT2D eigenvalue weighted by molar-refractivity contribution is 0.418. The second kappa shape index (κ2) is 6.10. The fourth-order valence-electron chi connectivity index (χ4n) is 4.07. The summed E-state index contributed by atoms with van der Waals surface area (Å²) < 4.78 is 25.2. The maximum Gasteiger partial charge on any atom is 0.258 e. The smallest absolute Gasteiger partial charge is 0.258 e. The molecule has 0 unspecified atom stereocenters. The van der Waals surface area contributed by atoms with Crippen LogP contribution in [0.5, 0.6) is 0 Å². The fourth-order valence-corrected chi connectivity index (χ4v) is 4.59. The van der Waals surface area contributed by atoms with Crippen molar-refractivity contribution in [3.05, 3.63) is 53.1 Å². The molecule has 2 atom stereocenters. The highest BCUT2D eigenvalue weighted by Gasteiger charge is 2.27. The Morgan fingerprint density at radius 2 is 1.88 bits per heavy atom. The summed E-state index contributed by atoms with van der Waals surface area (Å²) in [5.74, 6) is 0.558. The molecular weight excluding hydrogens is 350 g/mol. The molecule has 2 heterocycles. The molecule has 1 fully saturated rings. The summed E-state index contributed by atoms with van der Waals surface area (Å²) in [6.45, 7) is 2.25. The molecule has 0 amide bonds. The van der Waals surface area contributed by atoms with E-state index < -0.39 is 10.0 Å². The van der Waals surface area contributed by atoms with Crippen LogP contribution in [0.2, 0.25) is 0 Å². The molecule has 7 heteroatoms. The van der Waals surface area contributed by atoms with Crippen LogP contribution < -0.4 is 10.7 Å². The number of H-pyrrole nitrogens is 1. The van der Waals surface area contributed by atoms with E-state index in [2.05, 4.69) is 16.5 Å². The Labute approximate surface area is 151 Å². The Morgan fingerprint density at radius 1 is 1.15 bits per heavy atom. The summed E-state index contributed by atoms with van der Waals surface area (Å²) in [5, 5.41) is 5.81. The molecule has 26 heavy (non-hydrogen) atoms. The predicted molar refractivity (Wildman–Crippen MR) is 101 cm³/mol. The number of nitrogens with two attached hydrogens (primary N) is 1. The SMILES string of the molecule is C[C@@H]1CCC[C@@H]1n1cc(-c2ccc(S(N)(=O)=O)cc2)c2c(=O)[nH]ccc21. The van der Waals surface area contributed by atoms with Crippen LogP contribution in [-0.4, -0.2) is 18.0 Å². The Bertz CT molecular complexity index is 1130. The lowest BCUT2D eigenvalue weighted by Crippen LogP contribution is -2.11. The third-order valence-corrected chi connectivity index (χ3v) is 6.35. The lowest BCUT2D eigenvalue weighted by atomic mass is 10.1. The van der Waals surface area contributed by atoms with Crippen LogP contribution in [0, 0.1) is 5.92 Å². The summed E-state index contributed by atoms with van der Waals surface area (Å²) in [7, 11) is -3.74. The van der Waals surface area contributed by atoms with Gasteiger partial charge in [0.15, 0.2) is 0 Å². The number of nitrogens with one attached hydrogen (secondary N) is 1. The number of benzene rings is 1. The summed E-state index contributed by atoms with van der Waals surface area (Å²) in [5.41, 5.74) is 2.38. The number of sulfonamides is 1. The second-order valence-electron chi connectivity index (χ2n) is 7.06. The Hall–Kier alpha value is -2.38. The fraction of sp³-hybridized carbons (Fsp3) is 0.316. The van der Waals surface area contributed by atoms with Gasteiger partial charge in [-0.2, -0.15) is 0 Å². The second-order valence-corrected chi connectivity index (χ2v) is 8.62. The number of primary sulfonamides is 1. The van der Waals surface area contributed by atoms with Gasteiger partial charge in [0.2, 0.25) is 10.0 Å². The predicted octanol–water partition coefficient (Wildman–Crippen LogP) is 3.01. The minimum absolute atomic E-state index is 0.0586. The first-order valence-corrected chi connectivity index (χ1v) is 10.3. The molecule has 1 aliphatic carbocycles. The highest BCUT2D eigenvalue weighted by atomic mass is 32.2. The number of fused-ring (bicyclic) bond motifs is 1. The van der Waals surface area contributed by atoms with Crippen molar-refractivity contribution in [2.75, 3.05) is 0 Å². The van der Waals surface area contributed by atoms with Crippen molar-refractivity contribution >= 4 is 20.9 Å². The van der Waals surface area contributed by atoms with Gasteiger partial charge < -0.3 is 9.55 Å². The van der Waals surface area contributed by atoms with Gasteiger partial charge in [-0.3, -0.25) is 4.79 Å². The van der Waals surface area contributed by atoms with Crippen molar-refractivity contribution < 1.29 is 8.42 Å². The Kier molecular flexibility index (Phi) is 4.00. The van der Waals surface area contributed by atoms with E-state index in [9.17, 15) is 13.2 Å². The quantitative estimate of drug-likeness (QED) is 0.740. The number of hydrogen-bond donors (Lipinski definition) is 2. The van der Waals surface area contributed by atoms with E-state index in [1.165, 1.54) is 25.0 Å². The van der Waals surface area contributed by atoms with Crippen LogP contribution in [0.1, 0.15) is 32.2 Å². The average Bonchev–Trinajstić information content (AvgIpc) is 3.18. The number of pyridine rings is 1.